The lowest BCUT2D eigenvalue weighted by molar-refractivity contribution is 0.212. The molecule has 1 N–H and O–H groups in total. The molecule has 4 nitrogen and oxygen atoms in total. The number of hydrogen-bond acceptors (Lipinski definition) is 3. The van der Waals surface area contributed by atoms with Crippen molar-refractivity contribution in [3.63, 3.8) is 0 Å². The molecule has 0 bridgehead atoms. The van der Waals surface area contributed by atoms with Crippen LogP contribution in [0.3, 0.4) is 0 Å². The molecule has 0 aliphatic rings. The molecule has 156 valence electrons. The van der Waals surface area contributed by atoms with E-state index in [2.05, 4.69) is 32.0 Å². The van der Waals surface area contributed by atoms with Crippen LogP contribution >= 0.6 is 0 Å². The fourth-order valence-electron chi connectivity index (χ4n) is 3.24. The van der Waals surface area contributed by atoms with E-state index >= 15 is 0 Å². The molecule has 1 rings (SSSR count). The summed E-state index contributed by atoms with van der Waals surface area (Å²) < 4.78 is 37.3. The zero-order valence-corrected chi connectivity index (χ0v) is 18.2. The van der Waals surface area contributed by atoms with E-state index < -0.39 is 10.1 Å². The molecule has 1 aromatic carbocycles. The van der Waals surface area contributed by atoms with Crippen LogP contribution in [-0.2, 0) is 23.0 Å². The van der Waals surface area contributed by atoms with E-state index in [1.807, 2.05) is 6.92 Å². The first-order valence-electron chi connectivity index (χ1n) is 10.6. The molecule has 0 saturated carbocycles. The minimum absolute atomic E-state index is 0.252. The largest absolute Gasteiger partial charge is 0.490 e. The van der Waals surface area contributed by atoms with Gasteiger partial charge in [0.1, 0.15) is 5.75 Å². The van der Waals surface area contributed by atoms with Crippen LogP contribution in [0.1, 0.15) is 89.7 Å². The summed E-state index contributed by atoms with van der Waals surface area (Å²) in [6.07, 6.45) is 11.7. The number of para-hydroxylation sites is 1. The summed E-state index contributed by atoms with van der Waals surface area (Å²) in [5.41, 5.74) is 2.44. The lowest BCUT2D eigenvalue weighted by atomic mass is 9.98. The van der Waals surface area contributed by atoms with Gasteiger partial charge in [0.15, 0.2) is 0 Å². The molecule has 1 atom stereocenters. The first-order chi connectivity index (χ1) is 12.9. The van der Waals surface area contributed by atoms with Gasteiger partial charge in [-0.25, -0.2) is 0 Å². The van der Waals surface area contributed by atoms with Crippen LogP contribution in [0.5, 0.6) is 5.75 Å². The number of rotatable bonds is 15. The highest BCUT2D eigenvalue weighted by Gasteiger charge is 2.15. The molecule has 0 aliphatic heterocycles. The van der Waals surface area contributed by atoms with Gasteiger partial charge in [0.2, 0.25) is 0 Å². The van der Waals surface area contributed by atoms with Crippen LogP contribution in [0, 0.1) is 0 Å². The highest BCUT2D eigenvalue weighted by atomic mass is 32.2. The number of ether oxygens (including phenoxy) is 1. The first-order valence-corrected chi connectivity index (χ1v) is 12.2. The van der Waals surface area contributed by atoms with Gasteiger partial charge in [-0.2, -0.15) is 8.42 Å². The molecule has 5 heteroatoms. The summed E-state index contributed by atoms with van der Waals surface area (Å²) in [5.74, 6) is 0.673. The minimum Gasteiger partial charge on any atom is -0.490 e. The molecular formula is C22H38O4S. The van der Waals surface area contributed by atoms with E-state index in [-0.39, 0.29) is 18.3 Å². The molecule has 0 fully saturated rings. The maximum Gasteiger partial charge on any atom is 0.264 e. The summed E-state index contributed by atoms with van der Waals surface area (Å²) in [6, 6.07) is 6.37. The maximum absolute atomic E-state index is 11.0. The number of hydrogen-bond donors (Lipinski definition) is 1. The van der Waals surface area contributed by atoms with Crippen molar-refractivity contribution in [3.05, 3.63) is 29.3 Å². The van der Waals surface area contributed by atoms with Crippen LogP contribution in [0.25, 0.3) is 0 Å². The lowest BCUT2D eigenvalue weighted by Gasteiger charge is -2.20. The van der Waals surface area contributed by atoms with Crippen molar-refractivity contribution >= 4 is 10.1 Å². The van der Waals surface area contributed by atoms with E-state index in [1.54, 1.807) is 0 Å². The zero-order chi connectivity index (χ0) is 20.1. The molecule has 0 radical (unpaired) electrons. The van der Waals surface area contributed by atoms with Crippen molar-refractivity contribution in [2.24, 2.45) is 0 Å². The van der Waals surface area contributed by atoms with Crippen LogP contribution < -0.4 is 4.74 Å². The van der Waals surface area contributed by atoms with Gasteiger partial charge in [-0.3, -0.25) is 4.55 Å². The third-order valence-corrected chi connectivity index (χ3v) is 5.63. The summed E-state index contributed by atoms with van der Waals surface area (Å²) in [5, 5.41) is 0. The molecule has 0 saturated heterocycles. The SMILES string of the molecule is CCCCCCc1cccc(CCCCCC)c1OC(C)CCS(=O)(=O)O. The van der Waals surface area contributed by atoms with Gasteiger partial charge < -0.3 is 4.74 Å². The van der Waals surface area contributed by atoms with Crippen LogP contribution in [0.4, 0.5) is 0 Å². The zero-order valence-electron chi connectivity index (χ0n) is 17.4. The second-order valence-corrected chi connectivity index (χ2v) is 9.10. The Balaban J connectivity index is 2.84. The highest BCUT2D eigenvalue weighted by Crippen LogP contribution is 2.29. The summed E-state index contributed by atoms with van der Waals surface area (Å²) in [6.45, 7) is 6.30. The summed E-state index contributed by atoms with van der Waals surface area (Å²) in [4.78, 5) is 0. The van der Waals surface area contributed by atoms with Crippen LogP contribution in [-0.4, -0.2) is 24.8 Å². The predicted octanol–water partition coefficient (Wildman–Crippen LogP) is 5.98. The van der Waals surface area contributed by atoms with Gasteiger partial charge in [-0.1, -0.05) is 70.6 Å². The predicted molar refractivity (Wildman–Crippen MR) is 113 cm³/mol. The highest BCUT2D eigenvalue weighted by molar-refractivity contribution is 7.85. The molecule has 27 heavy (non-hydrogen) atoms. The minimum atomic E-state index is -3.95. The van der Waals surface area contributed by atoms with E-state index in [9.17, 15) is 8.42 Å². The Morgan fingerprint density at radius 3 is 1.89 bits per heavy atom. The van der Waals surface area contributed by atoms with Crippen molar-refractivity contribution in [3.8, 4) is 5.75 Å². The normalized spacial score (nSPS) is 12.9. The average molecular weight is 399 g/mol. The Morgan fingerprint density at radius 2 is 1.44 bits per heavy atom. The van der Waals surface area contributed by atoms with Gasteiger partial charge in [0.25, 0.3) is 10.1 Å². The number of aryl methyl sites for hydroxylation is 2. The van der Waals surface area contributed by atoms with Crippen LogP contribution in [0.2, 0.25) is 0 Å². The molecule has 0 amide bonds. The fraction of sp³-hybridized carbons (Fsp3) is 0.727. The molecule has 0 spiro atoms. The Bertz CT molecular complexity index is 595. The van der Waals surface area contributed by atoms with Crippen molar-refractivity contribution in [1.82, 2.24) is 0 Å². The van der Waals surface area contributed by atoms with Gasteiger partial charge in [-0.15, -0.1) is 0 Å². The smallest absolute Gasteiger partial charge is 0.264 e. The second kappa shape index (κ2) is 13.2. The van der Waals surface area contributed by atoms with E-state index in [4.69, 9.17) is 9.29 Å². The lowest BCUT2D eigenvalue weighted by Crippen LogP contribution is -2.19. The molecule has 0 heterocycles. The van der Waals surface area contributed by atoms with E-state index in [0.717, 1.165) is 31.4 Å². The van der Waals surface area contributed by atoms with Crippen molar-refractivity contribution in [2.45, 2.75) is 97.5 Å². The van der Waals surface area contributed by atoms with Gasteiger partial charge in [0, 0.05) is 6.42 Å². The Morgan fingerprint density at radius 1 is 0.926 bits per heavy atom. The summed E-state index contributed by atoms with van der Waals surface area (Å²) >= 11 is 0. The van der Waals surface area contributed by atoms with Gasteiger partial charge in [-0.05, 0) is 43.7 Å². The monoisotopic (exact) mass is 398 g/mol. The van der Waals surface area contributed by atoms with Gasteiger partial charge >= 0.3 is 0 Å². The topological polar surface area (TPSA) is 63.6 Å². The molecule has 0 aromatic heterocycles. The molecule has 0 aliphatic carbocycles. The second-order valence-electron chi connectivity index (χ2n) is 7.53. The first kappa shape index (κ1) is 24.0. The summed E-state index contributed by atoms with van der Waals surface area (Å²) in [7, 11) is -3.95. The van der Waals surface area contributed by atoms with Gasteiger partial charge in [0.05, 0.1) is 11.9 Å². The van der Waals surface area contributed by atoms with Crippen LogP contribution in [0.15, 0.2) is 18.2 Å². The van der Waals surface area contributed by atoms with Crippen molar-refractivity contribution in [2.75, 3.05) is 5.75 Å². The maximum atomic E-state index is 11.0. The van der Waals surface area contributed by atoms with E-state index in [0.29, 0.717) is 0 Å². The Hall–Kier alpha value is -1.07. The number of unbranched alkanes of at least 4 members (excludes halogenated alkanes) is 6. The standard InChI is InChI=1S/C22H38O4S/c1-4-6-8-10-13-20-15-12-16-21(14-11-9-7-5-2)22(20)26-19(3)17-18-27(23,24)25/h12,15-16,19H,4-11,13-14,17-18H2,1-3H3,(H,23,24,25). The van der Waals surface area contributed by atoms with Crippen molar-refractivity contribution in [1.29, 1.82) is 0 Å². The fourth-order valence-corrected chi connectivity index (χ4v) is 3.87. The number of benzene rings is 1. The molecule has 1 aromatic rings. The third-order valence-electron chi connectivity index (χ3n) is 4.88. The molecule has 1 unspecified atom stereocenters. The third kappa shape index (κ3) is 10.7. The van der Waals surface area contributed by atoms with Crippen molar-refractivity contribution < 1.29 is 17.7 Å². The Labute approximate surface area is 166 Å². The molecular weight excluding hydrogens is 360 g/mol. The average Bonchev–Trinajstić information content (AvgIpc) is 2.62. The van der Waals surface area contributed by atoms with E-state index in [1.165, 1.54) is 49.7 Å². The Kier molecular flexibility index (Phi) is 11.7. The quantitative estimate of drug-likeness (QED) is 0.292.